The highest BCUT2D eigenvalue weighted by atomic mass is 35.7. The van der Waals surface area contributed by atoms with Crippen molar-refractivity contribution in [1.82, 2.24) is 5.32 Å². The van der Waals surface area contributed by atoms with Crippen molar-refractivity contribution < 1.29 is 17.9 Å². The second-order valence-electron chi connectivity index (χ2n) is 5.18. The normalized spacial score (nSPS) is 16.7. The first kappa shape index (κ1) is 16.3. The molecule has 0 aromatic heterocycles. The van der Waals surface area contributed by atoms with Crippen LogP contribution in [0, 0.1) is 12.8 Å². The fourth-order valence-electron chi connectivity index (χ4n) is 2.33. The average Bonchev–Trinajstić information content (AvgIpc) is 2.45. The van der Waals surface area contributed by atoms with Crippen molar-refractivity contribution in [1.29, 1.82) is 0 Å². The first-order valence-electron chi connectivity index (χ1n) is 6.79. The summed E-state index contributed by atoms with van der Waals surface area (Å²) in [7, 11) is 1.51. The van der Waals surface area contributed by atoms with Gasteiger partial charge in [-0.15, -0.1) is 0 Å². The van der Waals surface area contributed by atoms with Gasteiger partial charge in [-0.3, -0.25) is 4.79 Å². The Morgan fingerprint density at radius 1 is 1.38 bits per heavy atom. The number of hydrogen-bond donors (Lipinski definition) is 1. The van der Waals surface area contributed by atoms with E-state index in [2.05, 4.69) is 5.32 Å². The van der Waals surface area contributed by atoms with Gasteiger partial charge in [0.25, 0.3) is 15.0 Å². The molecular weight excluding hydrogens is 314 g/mol. The minimum absolute atomic E-state index is 0.00245. The van der Waals surface area contributed by atoms with E-state index >= 15 is 0 Å². The molecule has 1 heterocycles. The van der Waals surface area contributed by atoms with Crippen LogP contribution >= 0.6 is 10.7 Å². The number of rotatable bonds is 4. The first-order chi connectivity index (χ1) is 9.88. The zero-order valence-electron chi connectivity index (χ0n) is 11.8. The highest BCUT2D eigenvalue weighted by Crippen LogP contribution is 2.19. The minimum atomic E-state index is -3.77. The Morgan fingerprint density at radius 3 is 2.62 bits per heavy atom. The third-order valence-corrected chi connectivity index (χ3v) is 4.97. The van der Waals surface area contributed by atoms with Gasteiger partial charge in [0.1, 0.15) is 0 Å². The van der Waals surface area contributed by atoms with E-state index in [1.165, 1.54) is 18.2 Å². The summed E-state index contributed by atoms with van der Waals surface area (Å²) in [6.45, 7) is 3.77. The van der Waals surface area contributed by atoms with Crippen molar-refractivity contribution in [3.05, 3.63) is 29.3 Å². The van der Waals surface area contributed by atoms with Gasteiger partial charge in [-0.2, -0.15) is 0 Å². The molecule has 5 nitrogen and oxygen atoms in total. The van der Waals surface area contributed by atoms with Gasteiger partial charge >= 0.3 is 0 Å². The van der Waals surface area contributed by atoms with E-state index in [-0.39, 0.29) is 10.8 Å². The molecule has 0 unspecified atom stereocenters. The highest BCUT2D eigenvalue weighted by Gasteiger charge is 2.17. The Balaban J connectivity index is 2.02. The van der Waals surface area contributed by atoms with Crippen molar-refractivity contribution in [3.8, 4) is 0 Å². The van der Waals surface area contributed by atoms with Crippen LogP contribution in [-0.4, -0.2) is 34.1 Å². The Kier molecular flexibility index (Phi) is 5.24. The molecule has 0 aliphatic carbocycles. The van der Waals surface area contributed by atoms with Gasteiger partial charge < -0.3 is 10.1 Å². The Hall–Kier alpha value is -1.11. The van der Waals surface area contributed by atoms with E-state index in [9.17, 15) is 13.2 Å². The highest BCUT2D eigenvalue weighted by molar-refractivity contribution is 8.13. The molecule has 7 heteroatoms. The maximum absolute atomic E-state index is 12.1. The molecule has 0 bridgehead atoms. The van der Waals surface area contributed by atoms with Crippen molar-refractivity contribution in [2.24, 2.45) is 5.92 Å². The number of nitrogens with one attached hydrogen (secondary N) is 1. The number of benzene rings is 1. The van der Waals surface area contributed by atoms with Crippen molar-refractivity contribution >= 4 is 25.6 Å². The lowest BCUT2D eigenvalue weighted by atomic mass is 10.00. The predicted octanol–water partition coefficient (Wildman–Crippen LogP) is 2.08. The van der Waals surface area contributed by atoms with E-state index < -0.39 is 9.05 Å². The van der Waals surface area contributed by atoms with Crippen LogP contribution in [0.3, 0.4) is 0 Å². The van der Waals surface area contributed by atoms with Gasteiger partial charge in [0.2, 0.25) is 0 Å². The summed E-state index contributed by atoms with van der Waals surface area (Å²) in [5.74, 6) is 0.239. The second-order valence-corrected chi connectivity index (χ2v) is 7.75. The number of aryl methyl sites for hydroxylation is 1. The Labute approximate surface area is 129 Å². The van der Waals surface area contributed by atoms with Crippen LogP contribution in [0.15, 0.2) is 23.1 Å². The molecule has 1 N–H and O–H groups in total. The number of amides is 1. The SMILES string of the molecule is Cc1cc(S(=O)(=O)Cl)ccc1C(=O)NCC1CCOCC1. The number of ether oxygens (including phenoxy) is 1. The van der Waals surface area contributed by atoms with Crippen molar-refractivity contribution in [2.75, 3.05) is 19.8 Å². The molecule has 0 saturated carbocycles. The summed E-state index contributed by atoms with van der Waals surface area (Å²) < 4.78 is 27.8. The van der Waals surface area contributed by atoms with Crippen LogP contribution in [0.5, 0.6) is 0 Å². The van der Waals surface area contributed by atoms with Gasteiger partial charge in [0.05, 0.1) is 4.90 Å². The van der Waals surface area contributed by atoms with Crippen molar-refractivity contribution in [3.63, 3.8) is 0 Å². The molecule has 21 heavy (non-hydrogen) atoms. The molecule has 0 radical (unpaired) electrons. The zero-order chi connectivity index (χ0) is 15.5. The smallest absolute Gasteiger partial charge is 0.261 e. The molecule has 0 atom stereocenters. The summed E-state index contributed by atoms with van der Waals surface area (Å²) in [4.78, 5) is 12.1. The molecule has 0 spiro atoms. The van der Waals surface area contributed by atoms with Crippen LogP contribution < -0.4 is 5.32 Å². The third kappa shape index (κ3) is 4.43. The van der Waals surface area contributed by atoms with E-state index in [1.54, 1.807) is 6.92 Å². The molecule has 2 rings (SSSR count). The minimum Gasteiger partial charge on any atom is -0.381 e. The van der Waals surface area contributed by atoms with Gasteiger partial charge in [0, 0.05) is 36.0 Å². The van der Waals surface area contributed by atoms with Gasteiger partial charge in [-0.05, 0) is 49.4 Å². The van der Waals surface area contributed by atoms with Gasteiger partial charge in [-0.25, -0.2) is 8.42 Å². The zero-order valence-corrected chi connectivity index (χ0v) is 13.3. The number of hydrogen-bond acceptors (Lipinski definition) is 4. The fourth-order valence-corrected chi connectivity index (χ4v) is 3.16. The number of halogens is 1. The molecule has 116 valence electrons. The Morgan fingerprint density at radius 2 is 2.05 bits per heavy atom. The summed E-state index contributed by atoms with van der Waals surface area (Å²) in [5, 5.41) is 2.89. The summed E-state index contributed by atoms with van der Waals surface area (Å²) in [6, 6.07) is 4.24. The topological polar surface area (TPSA) is 72.5 Å². The Bertz CT molecular complexity index is 624. The quantitative estimate of drug-likeness (QED) is 0.857. The van der Waals surface area contributed by atoms with Crippen LogP contribution in [0.25, 0.3) is 0 Å². The molecule has 1 amide bonds. The van der Waals surface area contributed by atoms with Gasteiger partial charge in [-0.1, -0.05) is 0 Å². The van der Waals surface area contributed by atoms with E-state index in [1.807, 2.05) is 0 Å². The number of carbonyl (C=O) groups excluding carboxylic acids is 1. The van der Waals surface area contributed by atoms with Gasteiger partial charge in [0.15, 0.2) is 0 Å². The average molecular weight is 332 g/mol. The van der Waals surface area contributed by atoms with Crippen LogP contribution in [0.4, 0.5) is 0 Å². The van der Waals surface area contributed by atoms with Crippen LogP contribution in [0.1, 0.15) is 28.8 Å². The molecule has 1 saturated heterocycles. The third-order valence-electron chi connectivity index (χ3n) is 3.62. The summed E-state index contributed by atoms with van der Waals surface area (Å²) >= 11 is 0. The molecule has 1 aliphatic rings. The summed E-state index contributed by atoms with van der Waals surface area (Å²) in [6.07, 6.45) is 1.89. The maximum atomic E-state index is 12.1. The maximum Gasteiger partial charge on any atom is 0.261 e. The lowest BCUT2D eigenvalue weighted by Crippen LogP contribution is -2.32. The molecule has 1 aromatic carbocycles. The second kappa shape index (κ2) is 6.77. The lowest BCUT2D eigenvalue weighted by Gasteiger charge is -2.22. The van der Waals surface area contributed by atoms with E-state index in [4.69, 9.17) is 15.4 Å². The predicted molar refractivity (Wildman–Crippen MR) is 80.1 cm³/mol. The van der Waals surface area contributed by atoms with E-state index in [0.29, 0.717) is 23.6 Å². The first-order valence-corrected chi connectivity index (χ1v) is 9.10. The summed E-state index contributed by atoms with van der Waals surface area (Å²) in [5.41, 5.74) is 1.05. The molecule has 1 aliphatic heterocycles. The van der Waals surface area contributed by atoms with Crippen LogP contribution in [0.2, 0.25) is 0 Å². The van der Waals surface area contributed by atoms with Crippen LogP contribution in [-0.2, 0) is 13.8 Å². The molecule has 1 aromatic rings. The molecule has 1 fully saturated rings. The lowest BCUT2D eigenvalue weighted by molar-refractivity contribution is 0.0642. The van der Waals surface area contributed by atoms with Crippen molar-refractivity contribution in [2.45, 2.75) is 24.7 Å². The standard InChI is InChI=1S/C14H18ClNO4S/c1-10-8-12(21(15,18)19)2-3-13(10)14(17)16-9-11-4-6-20-7-5-11/h2-3,8,11H,4-7,9H2,1H3,(H,16,17). The largest absolute Gasteiger partial charge is 0.381 e. The monoisotopic (exact) mass is 331 g/mol. The number of carbonyl (C=O) groups is 1. The fraction of sp³-hybridized carbons (Fsp3) is 0.500. The van der Waals surface area contributed by atoms with E-state index in [0.717, 1.165) is 26.1 Å². The molecular formula is C14H18ClNO4S.